The molecular formula is C8H5NO6. The number of carbonyl (C=O) groups excluding carboxylic acids is 1. The van der Waals surface area contributed by atoms with Gasteiger partial charge in [-0.1, -0.05) is 0 Å². The summed E-state index contributed by atoms with van der Waals surface area (Å²) in [5.41, 5.74) is -2.77. The predicted molar refractivity (Wildman–Crippen MR) is 45.7 cm³/mol. The lowest BCUT2D eigenvalue weighted by Crippen LogP contribution is -2.30. The minimum Gasteiger partial charge on any atom is -0.507 e. The van der Waals surface area contributed by atoms with Crippen molar-refractivity contribution in [1.82, 2.24) is 0 Å². The van der Waals surface area contributed by atoms with Gasteiger partial charge in [0, 0.05) is 0 Å². The number of hydrogen-bond donors (Lipinski definition) is 4. The number of aliphatic hydroxyl groups excluding tert-OH is 1. The largest absolute Gasteiger partial charge is 0.507 e. The molecule has 78 valence electrons. The second-order valence-electron chi connectivity index (χ2n) is 2.63. The lowest BCUT2D eigenvalue weighted by atomic mass is 9.94. The number of allylic oxidation sites excluding steroid dienone is 1. The minimum atomic E-state index is -1.66. The maximum Gasteiger partial charge on any atom is 0.341 e. The zero-order valence-corrected chi connectivity index (χ0v) is 7.14. The Balaban J connectivity index is 3.40. The van der Waals surface area contributed by atoms with Crippen LogP contribution in [0.25, 0.3) is 0 Å². The molecule has 4 N–H and O–H groups in total. The van der Waals surface area contributed by atoms with Crippen LogP contribution in [0, 0.1) is 5.41 Å². The number of rotatable bonds is 2. The third-order valence-corrected chi connectivity index (χ3v) is 1.70. The highest BCUT2D eigenvalue weighted by Gasteiger charge is 2.33. The van der Waals surface area contributed by atoms with E-state index in [0.29, 0.717) is 6.08 Å². The predicted octanol–water partition coefficient (Wildman–Crippen LogP) is -0.503. The minimum absolute atomic E-state index is 0.520. The number of aliphatic hydroxyl groups is 1. The van der Waals surface area contributed by atoms with Crippen LogP contribution >= 0.6 is 0 Å². The quantitative estimate of drug-likeness (QED) is 0.359. The lowest BCUT2D eigenvalue weighted by Gasteiger charge is -2.11. The van der Waals surface area contributed by atoms with Crippen LogP contribution in [0.3, 0.4) is 0 Å². The van der Waals surface area contributed by atoms with Crippen molar-refractivity contribution in [3.05, 3.63) is 23.0 Å². The molecule has 0 aliphatic heterocycles. The lowest BCUT2D eigenvalue weighted by molar-refractivity contribution is -0.135. The second-order valence-corrected chi connectivity index (χ2v) is 2.63. The summed E-state index contributed by atoms with van der Waals surface area (Å²) in [6.07, 6.45) is 0.520. The molecule has 7 nitrogen and oxygen atoms in total. The van der Waals surface area contributed by atoms with Gasteiger partial charge in [0.25, 0.3) is 0 Å². The summed E-state index contributed by atoms with van der Waals surface area (Å²) in [5, 5.41) is 33.2. The first-order valence-corrected chi connectivity index (χ1v) is 3.61. The van der Waals surface area contributed by atoms with Gasteiger partial charge in [0.15, 0.2) is 0 Å². The van der Waals surface area contributed by atoms with Crippen LogP contribution in [0.2, 0.25) is 0 Å². The van der Waals surface area contributed by atoms with E-state index in [1.54, 1.807) is 0 Å². The summed E-state index contributed by atoms with van der Waals surface area (Å²) in [6, 6.07) is 0. The molecule has 1 rings (SSSR count). The fourth-order valence-electron chi connectivity index (χ4n) is 1.03. The first kappa shape index (κ1) is 10.6. The zero-order chi connectivity index (χ0) is 11.7. The van der Waals surface area contributed by atoms with Crippen LogP contribution < -0.4 is 0 Å². The molecule has 0 unspecified atom stereocenters. The highest BCUT2D eigenvalue weighted by Crippen LogP contribution is 2.17. The van der Waals surface area contributed by atoms with E-state index in [1.807, 2.05) is 0 Å². The van der Waals surface area contributed by atoms with Crippen molar-refractivity contribution in [1.29, 1.82) is 5.41 Å². The van der Waals surface area contributed by atoms with E-state index in [9.17, 15) is 14.4 Å². The molecule has 0 heterocycles. The molecule has 1 aliphatic rings. The van der Waals surface area contributed by atoms with E-state index in [0.717, 1.165) is 0 Å². The average molecular weight is 211 g/mol. The van der Waals surface area contributed by atoms with Crippen LogP contribution in [0.5, 0.6) is 0 Å². The number of Topliss-reactive ketones (excluding diaryl/α,β-unsaturated/α-hetero) is 1. The summed E-state index contributed by atoms with van der Waals surface area (Å²) in [4.78, 5) is 32.1. The first-order chi connectivity index (χ1) is 6.86. The number of aliphatic carboxylic acids is 2. The number of hydrogen-bond acceptors (Lipinski definition) is 5. The molecule has 0 saturated heterocycles. The van der Waals surface area contributed by atoms with Gasteiger partial charge < -0.3 is 15.3 Å². The molecule has 15 heavy (non-hydrogen) atoms. The van der Waals surface area contributed by atoms with Crippen molar-refractivity contribution in [2.24, 2.45) is 0 Å². The van der Waals surface area contributed by atoms with Crippen molar-refractivity contribution in [2.75, 3.05) is 0 Å². The molecule has 1 aliphatic carbocycles. The Morgan fingerprint density at radius 2 is 1.73 bits per heavy atom. The molecule has 0 atom stereocenters. The van der Waals surface area contributed by atoms with Crippen LogP contribution in [0.15, 0.2) is 23.0 Å². The van der Waals surface area contributed by atoms with Gasteiger partial charge in [0.05, 0.1) is 0 Å². The fourth-order valence-corrected chi connectivity index (χ4v) is 1.03. The smallest absolute Gasteiger partial charge is 0.341 e. The van der Waals surface area contributed by atoms with Crippen molar-refractivity contribution < 1.29 is 29.7 Å². The Kier molecular flexibility index (Phi) is 2.39. The SMILES string of the molecule is N=C1C(=O)C(C(=O)O)=CC(O)=C1C(=O)O. The third kappa shape index (κ3) is 1.62. The number of carbonyl (C=O) groups is 3. The highest BCUT2D eigenvalue weighted by atomic mass is 16.4. The Hall–Kier alpha value is -2.44. The van der Waals surface area contributed by atoms with E-state index in [1.165, 1.54) is 0 Å². The molecule has 0 aromatic carbocycles. The van der Waals surface area contributed by atoms with Gasteiger partial charge >= 0.3 is 11.9 Å². The summed E-state index contributed by atoms with van der Waals surface area (Å²) in [7, 11) is 0. The van der Waals surface area contributed by atoms with E-state index < -0.39 is 40.3 Å². The fraction of sp³-hybridized carbons (Fsp3) is 0. The number of carboxylic acids is 2. The summed E-state index contributed by atoms with van der Waals surface area (Å²) in [6.45, 7) is 0. The molecule has 0 aromatic heterocycles. The van der Waals surface area contributed by atoms with Gasteiger partial charge in [-0.15, -0.1) is 0 Å². The van der Waals surface area contributed by atoms with Crippen LogP contribution in [0.4, 0.5) is 0 Å². The standard InChI is InChI=1S/C8H5NO6/c9-5-4(8(14)15)3(10)1-2(6(5)11)7(12)13/h1,9-10H,(H,12,13)(H,14,15). The molecule has 7 heteroatoms. The second kappa shape index (κ2) is 3.37. The van der Waals surface area contributed by atoms with Gasteiger partial charge in [-0.05, 0) is 6.08 Å². The monoisotopic (exact) mass is 211 g/mol. The summed E-state index contributed by atoms with van der Waals surface area (Å²) >= 11 is 0. The number of carboxylic acid groups (broad SMARTS) is 2. The topological polar surface area (TPSA) is 136 Å². The van der Waals surface area contributed by atoms with Gasteiger partial charge in [-0.2, -0.15) is 0 Å². The van der Waals surface area contributed by atoms with Gasteiger partial charge in [0.1, 0.15) is 22.6 Å². The average Bonchev–Trinajstić information content (AvgIpc) is 2.10. The Morgan fingerprint density at radius 3 is 2.13 bits per heavy atom. The van der Waals surface area contributed by atoms with Gasteiger partial charge in [0.2, 0.25) is 5.78 Å². The summed E-state index contributed by atoms with van der Waals surface area (Å²) in [5.74, 6) is -5.44. The van der Waals surface area contributed by atoms with Crippen molar-refractivity contribution in [2.45, 2.75) is 0 Å². The van der Waals surface area contributed by atoms with Crippen molar-refractivity contribution in [3.8, 4) is 0 Å². The first-order valence-electron chi connectivity index (χ1n) is 3.61. The molecule has 0 aromatic rings. The third-order valence-electron chi connectivity index (χ3n) is 1.70. The number of ketones is 1. The Bertz CT molecular complexity index is 456. The Labute approximate surface area is 82.5 Å². The number of nitrogens with one attached hydrogen (secondary N) is 1. The molecule has 0 amide bonds. The molecule has 0 bridgehead atoms. The Morgan fingerprint density at radius 1 is 1.20 bits per heavy atom. The van der Waals surface area contributed by atoms with Gasteiger partial charge in [-0.3, -0.25) is 10.2 Å². The maximum atomic E-state index is 11.1. The van der Waals surface area contributed by atoms with E-state index in [-0.39, 0.29) is 0 Å². The van der Waals surface area contributed by atoms with Crippen LogP contribution in [0.1, 0.15) is 0 Å². The van der Waals surface area contributed by atoms with Crippen LogP contribution in [-0.2, 0) is 14.4 Å². The highest BCUT2D eigenvalue weighted by molar-refractivity contribution is 6.59. The van der Waals surface area contributed by atoms with E-state index in [2.05, 4.69) is 0 Å². The molecule has 0 spiro atoms. The van der Waals surface area contributed by atoms with E-state index in [4.69, 9.17) is 20.7 Å². The van der Waals surface area contributed by atoms with Crippen molar-refractivity contribution >= 4 is 23.4 Å². The molecule has 0 radical (unpaired) electrons. The molecule has 0 saturated carbocycles. The van der Waals surface area contributed by atoms with E-state index >= 15 is 0 Å². The molecular weight excluding hydrogens is 206 g/mol. The van der Waals surface area contributed by atoms with Crippen molar-refractivity contribution in [3.63, 3.8) is 0 Å². The van der Waals surface area contributed by atoms with Crippen LogP contribution in [-0.4, -0.2) is 38.8 Å². The maximum absolute atomic E-state index is 11.1. The summed E-state index contributed by atoms with van der Waals surface area (Å²) < 4.78 is 0. The normalized spacial score (nSPS) is 16.4. The molecule has 0 fully saturated rings. The van der Waals surface area contributed by atoms with Gasteiger partial charge in [-0.25, -0.2) is 9.59 Å². The zero-order valence-electron chi connectivity index (χ0n) is 7.14.